The van der Waals surface area contributed by atoms with Gasteiger partial charge >= 0.3 is 5.97 Å². The summed E-state index contributed by atoms with van der Waals surface area (Å²) < 4.78 is 5.16. The third-order valence-electron chi connectivity index (χ3n) is 3.23. The largest absolute Gasteiger partial charge is 0.448 e. The molecular weight excluding hydrogens is 358 g/mol. The Hall–Kier alpha value is -3.34. The Bertz CT molecular complexity index is 952. The molecule has 0 fully saturated rings. The van der Waals surface area contributed by atoms with Gasteiger partial charge in [-0.15, -0.1) is 17.9 Å². The number of hydrogen-bond donors (Lipinski definition) is 3. The second-order valence-electron chi connectivity index (χ2n) is 5.07. The summed E-state index contributed by atoms with van der Waals surface area (Å²) in [5.74, 6) is -0.969. The fourth-order valence-electron chi connectivity index (χ4n) is 1.96. The number of ether oxygens (including phenoxy) is 1. The molecule has 0 unspecified atom stereocenters. The summed E-state index contributed by atoms with van der Waals surface area (Å²) in [5.41, 5.74) is 1.03. The fourth-order valence-corrected chi connectivity index (χ4v) is 2.65. The highest BCUT2D eigenvalue weighted by atomic mass is 32.1. The SMILES string of the molecule is C=CCNc1nc(C(=O)O[C@@H](C)C(=O)Nc2ncnc3nc[nH]c23)cs1. The fraction of sp³-hybridized carbons (Fsp3) is 0.200. The number of nitrogens with zero attached hydrogens (tertiary/aromatic N) is 4. The number of rotatable bonds is 7. The third kappa shape index (κ3) is 3.83. The number of carbonyl (C=O) groups is 2. The number of nitrogens with one attached hydrogen (secondary N) is 3. The molecule has 11 heteroatoms. The quantitative estimate of drug-likeness (QED) is 0.420. The maximum absolute atomic E-state index is 12.3. The number of H-pyrrole nitrogens is 1. The lowest BCUT2D eigenvalue weighted by Crippen LogP contribution is -2.30. The Morgan fingerprint density at radius 1 is 1.42 bits per heavy atom. The maximum atomic E-state index is 12.3. The summed E-state index contributed by atoms with van der Waals surface area (Å²) >= 11 is 1.26. The predicted octanol–water partition coefficient (Wildman–Crippen LogP) is 1.59. The first-order valence-electron chi connectivity index (χ1n) is 7.54. The van der Waals surface area contributed by atoms with Gasteiger partial charge in [-0.1, -0.05) is 6.08 Å². The molecule has 0 aliphatic carbocycles. The van der Waals surface area contributed by atoms with Gasteiger partial charge < -0.3 is 20.4 Å². The topological polar surface area (TPSA) is 135 Å². The number of thiazole rings is 1. The van der Waals surface area contributed by atoms with Gasteiger partial charge in [-0.25, -0.2) is 24.7 Å². The van der Waals surface area contributed by atoms with Crippen molar-refractivity contribution in [2.24, 2.45) is 0 Å². The molecule has 3 aromatic rings. The molecule has 0 aliphatic rings. The minimum Gasteiger partial charge on any atom is -0.448 e. The molecule has 0 saturated carbocycles. The van der Waals surface area contributed by atoms with Gasteiger partial charge in [0.25, 0.3) is 5.91 Å². The van der Waals surface area contributed by atoms with Crippen LogP contribution in [0.5, 0.6) is 0 Å². The minimum absolute atomic E-state index is 0.124. The summed E-state index contributed by atoms with van der Waals surface area (Å²) in [7, 11) is 0. The molecule has 0 spiro atoms. The Morgan fingerprint density at radius 3 is 3.08 bits per heavy atom. The van der Waals surface area contributed by atoms with E-state index in [0.717, 1.165) is 0 Å². The van der Waals surface area contributed by atoms with Crippen molar-refractivity contribution in [3.8, 4) is 0 Å². The van der Waals surface area contributed by atoms with Crippen LogP contribution in [-0.4, -0.2) is 49.4 Å². The number of aromatic amines is 1. The first-order valence-corrected chi connectivity index (χ1v) is 8.42. The van der Waals surface area contributed by atoms with Crippen molar-refractivity contribution in [3.63, 3.8) is 0 Å². The van der Waals surface area contributed by atoms with Gasteiger partial charge in [-0.3, -0.25) is 4.79 Å². The standard InChI is InChI=1S/C15H15N7O3S/c1-3-4-16-15-21-9(5-26-15)14(24)25-8(2)13(23)22-12-10-11(18-6-17-10)19-7-20-12/h3,5-8H,1,4H2,2H3,(H,16,21)(H2,17,18,19,20,22,23)/t8-/m0/s1. The van der Waals surface area contributed by atoms with E-state index in [2.05, 4.69) is 42.1 Å². The van der Waals surface area contributed by atoms with Gasteiger partial charge in [0.2, 0.25) is 0 Å². The molecule has 3 heterocycles. The molecule has 3 N–H and O–H groups in total. The van der Waals surface area contributed by atoms with Crippen LogP contribution in [0.3, 0.4) is 0 Å². The molecule has 3 rings (SSSR count). The average molecular weight is 373 g/mol. The van der Waals surface area contributed by atoms with Gasteiger partial charge in [0.15, 0.2) is 28.4 Å². The van der Waals surface area contributed by atoms with Crippen molar-refractivity contribution in [1.29, 1.82) is 0 Å². The van der Waals surface area contributed by atoms with Crippen molar-refractivity contribution >= 4 is 45.3 Å². The van der Waals surface area contributed by atoms with Gasteiger partial charge in [-0.2, -0.15) is 0 Å². The van der Waals surface area contributed by atoms with E-state index in [1.54, 1.807) is 11.5 Å². The van der Waals surface area contributed by atoms with Gasteiger partial charge in [-0.05, 0) is 6.92 Å². The van der Waals surface area contributed by atoms with E-state index in [1.807, 2.05) is 0 Å². The van der Waals surface area contributed by atoms with Crippen LogP contribution in [0.15, 0.2) is 30.7 Å². The number of imidazole rings is 1. The highest BCUT2D eigenvalue weighted by molar-refractivity contribution is 7.13. The number of esters is 1. The monoisotopic (exact) mass is 373 g/mol. The smallest absolute Gasteiger partial charge is 0.358 e. The summed E-state index contributed by atoms with van der Waals surface area (Å²) in [4.78, 5) is 43.3. The number of amides is 1. The number of aromatic nitrogens is 5. The summed E-state index contributed by atoms with van der Waals surface area (Å²) in [6, 6.07) is 0. The van der Waals surface area contributed by atoms with E-state index >= 15 is 0 Å². The van der Waals surface area contributed by atoms with Crippen LogP contribution in [0.4, 0.5) is 10.9 Å². The number of hydrogen-bond acceptors (Lipinski definition) is 9. The molecule has 0 bridgehead atoms. The zero-order valence-corrected chi connectivity index (χ0v) is 14.5. The molecule has 10 nitrogen and oxygen atoms in total. The number of fused-ring (bicyclic) bond motifs is 1. The van der Waals surface area contributed by atoms with E-state index < -0.39 is 18.0 Å². The second kappa shape index (κ2) is 7.70. The van der Waals surface area contributed by atoms with Crippen LogP contribution in [0.1, 0.15) is 17.4 Å². The Morgan fingerprint density at radius 2 is 2.27 bits per heavy atom. The van der Waals surface area contributed by atoms with Crippen LogP contribution in [0.2, 0.25) is 0 Å². The van der Waals surface area contributed by atoms with Crippen LogP contribution in [0, 0.1) is 0 Å². The molecular formula is C15H15N7O3S. The van der Waals surface area contributed by atoms with Gasteiger partial charge in [0, 0.05) is 11.9 Å². The third-order valence-corrected chi connectivity index (χ3v) is 4.03. The summed E-state index contributed by atoms with van der Waals surface area (Å²) in [6.45, 7) is 5.58. The normalized spacial score (nSPS) is 11.7. The van der Waals surface area contributed by atoms with E-state index in [0.29, 0.717) is 22.8 Å². The first kappa shape index (κ1) is 17.5. The van der Waals surface area contributed by atoms with Crippen molar-refractivity contribution in [3.05, 3.63) is 36.4 Å². The molecule has 134 valence electrons. The summed E-state index contributed by atoms with van der Waals surface area (Å²) in [6.07, 6.45) is 3.36. The van der Waals surface area contributed by atoms with Crippen LogP contribution in [0.25, 0.3) is 11.2 Å². The molecule has 1 amide bonds. The van der Waals surface area contributed by atoms with Crippen molar-refractivity contribution in [2.45, 2.75) is 13.0 Å². The number of anilines is 2. The summed E-state index contributed by atoms with van der Waals surface area (Å²) in [5, 5.41) is 7.67. The Kier molecular flexibility index (Phi) is 5.17. The van der Waals surface area contributed by atoms with E-state index in [-0.39, 0.29) is 11.5 Å². The first-order chi connectivity index (χ1) is 12.6. The Balaban J connectivity index is 1.61. The maximum Gasteiger partial charge on any atom is 0.358 e. The van der Waals surface area contributed by atoms with E-state index in [4.69, 9.17) is 4.74 Å². The lowest BCUT2D eigenvalue weighted by molar-refractivity contribution is -0.123. The lowest BCUT2D eigenvalue weighted by atomic mass is 10.3. The molecule has 26 heavy (non-hydrogen) atoms. The zero-order chi connectivity index (χ0) is 18.5. The average Bonchev–Trinajstić information content (AvgIpc) is 3.29. The molecule has 0 aliphatic heterocycles. The van der Waals surface area contributed by atoms with Crippen molar-refractivity contribution in [1.82, 2.24) is 24.9 Å². The molecule has 1 atom stereocenters. The van der Waals surface area contributed by atoms with Gasteiger partial charge in [0.05, 0.1) is 6.33 Å². The molecule has 3 aromatic heterocycles. The molecule has 0 radical (unpaired) electrons. The highest BCUT2D eigenvalue weighted by Crippen LogP contribution is 2.17. The van der Waals surface area contributed by atoms with E-state index in [1.165, 1.54) is 30.9 Å². The minimum atomic E-state index is -1.04. The second-order valence-corrected chi connectivity index (χ2v) is 5.93. The van der Waals surface area contributed by atoms with Crippen molar-refractivity contribution in [2.75, 3.05) is 17.2 Å². The number of carbonyl (C=O) groups excluding carboxylic acids is 2. The lowest BCUT2D eigenvalue weighted by Gasteiger charge is -2.12. The highest BCUT2D eigenvalue weighted by Gasteiger charge is 2.22. The van der Waals surface area contributed by atoms with Crippen LogP contribution >= 0.6 is 11.3 Å². The Labute approximate surface area is 151 Å². The zero-order valence-electron chi connectivity index (χ0n) is 13.7. The van der Waals surface area contributed by atoms with Gasteiger partial charge in [0.1, 0.15) is 11.8 Å². The van der Waals surface area contributed by atoms with Crippen LogP contribution in [-0.2, 0) is 9.53 Å². The van der Waals surface area contributed by atoms with Crippen LogP contribution < -0.4 is 10.6 Å². The van der Waals surface area contributed by atoms with Crippen molar-refractivity contribution < 1.29 is 14.3 Å². The molecule has 0 saturated heterocycles. The molecule has 0 aromatic carbocycles. The van der Waals surface area contributed by atoms with E-state index in [9.17, 15) is 9.59 Å². The predicted molar refractivity (Wildman–Crippen MR) is 96.0 cm³/mol.